The second-order valence-corrected chi connectivity index (χ2v) is 7.25. The number of rotatable bonds is 3. The maximum absolute atomic E-state index is 12.1. The Morgan fingerprint density at radius 3 is 3.00 bits per heavy atom. The van der Waals surface area contributed by atoms with Gasteiger partial charge in [0.05, 0.1) is 25.2 Å². The molecule has 4 rings (SSSR count). The Bertz CT molecular complexity index is 688. The summed E-state index contributed by atoms with van der Waals surface area (Å²) in [5.74, 6) is 0.0632. The highest BCUT2D eigenvalue weighted by molar-refractivity contribution is 7.15. The van der Waals surface area contributed by atoms with Crippen molar-refractivity contribution in [2.24, 2.45) is 5.92 Å². The van der Waals surface area contributed by atoms with E-state index in [0.29, 0.717) is 13.2 Å². The summed E-state index contributed by atoms with van der Waals surface area (Å²) in [6.07, 6.45) is 1.96. The van der Waals surface area contributed by atoms with Crippen LogP contribution in [0.1, 0.15) is 4.88 Å². The molecule has 2 fully saturated rings. The van der Waals surface area contributed by atoms with Crippen LogP contribution >= 0.6 is 11.3 Å². The fourth-order valence-corrected chi connectivity index (χ4v) is 4.13. The molecular weight excluding hydrogens is 310 g/mol. The molecule has 6 heteroatoms. The Labute approximate surface area is 139 Å². The molecule has 2 aliphatic heterocycles. The molecule has 120 valence electrons. The molecule has 1 N–H and O–H groups in total. The first kappa shape index (κ1) is 14.8. The van der Waals surface area contributed by atoms with Gasteiger partial charge in [-0.05, 0) is 0 Å². The molecule has 2 aliphatic rings. The van der Waals surface area contributed by atoms with E-state index >= 15 is 0 Å². The third-order valence-corrected chi connectivity index (χ3v) is 5.30. The van der Waals surface area contributed by atoms with Gasteiger partial charge in [0.1, 0.15) is 5.01 Å². The van der Waals surface area contributed by atoms with Crippen molar-refractivity contribution in [1.29, 1.82) is 0 Å². The summed E-state index contributed by atoms with van der Waals surface area (Å²) in [4.78, 5) is 20.2. The van der Waals surface area contributed by atoms with Crippen LogP contribution in [0.5, 0.6) is 0 Å². The van der Waals surface area contributed by atoms with Crippen LogP contribution < -0.4 is 5.32 Å². The van der Waals surface area contributed by atoms with Crippen LogP contribution in [0.25, 0.3) is 10.6 Å². The van der Waals surface area contributed by atoms with Gasteiger partial charge in [0, 0.05) is 36.3 Å². The molecule has 0 spiro atoms. The minimum absolute atomic E-state index is 0.0657. The normalized spacial score (nSPS) is 25.0. The van der Waals surface area contributed by atoms with Crippen molar-refractivity contribution in [2.75, 3.05) is 26.3 Å². The summed E-state index contributed by atoms with van der Waals surface area (Å²) in [6, 6.07) is 10.3. The van der Waals surface area contributed by atoms with E-state index in [-0.39, 0.29) is 17.9 Å². The van der Waals surface area contributed by atoms with E-state index in [1.807, 2.05) is 24.4 Å². The number of fused-ring (bicyclic) bond motifs is 3. The predicted octanol–water partition coefficient (Wildman–Crippen LogP) is 1.76. The molecule has 23 heavy (non-hydrogen) atoms. The molecule has 1 aromatic heterocycles. The Balaban J connectivity index is 1.48. The van der Waals surface area contributed by atoms with Gasteiger partial charge in [-0.25, -0.2) is 4.98 Å². The maximum atomic E-state index is 12.1. The van der Waals surface area contributed by atoms with Crippen molar-refractivity contribution in [2.45, 2.75) is 12.6 Å². The van der Waals surface area contributed by atoms with Gasteiger partial charge >= 0.3 is 0 Å². The van der Waals surface area contributed by atoms with E-state index in [2.05, 4.69) is 27.3 Å². The van der Waals surface area contributed by atoms with E-state index in [9.17, 15) is 4.79 Å². The highest BCUT2D eigenvalue weighted by Gasteiger charge is 2.33. The van der Waals surface area contributed by atoms with Crippen LogP contribution in [-0.2, 0) is 16.1 Å². The number of hydrogen-bond donors (Lipinski definition) is 1. The molecule has 0 saturated carbocycles. The van der Waals surface area contributed by atoms with Crippen molar-refractivity contribution in [1.82, 2.24) is 15.2 Å². The average Bonchev–Trinajstić information content (AvgIpc) is 2.87. The molecule has 2 aromatic rings. The molecule has 0 unspecified atom stereocenters. The summed E-state index contributed by atoms with van der Waals surface area (Å²) >= 11 is 1.73. The molecule has 0 aliphatic carbocycles. The predicted molar refractivity (Wildman–Crippen MR) is 89.1 cm³/mol. The summed E-state index contributed by atoms with van der Waals surface area (Å²) in [7, 11) is 0. The van der Waals surface area contributed by atoms with Crippen molar-refractivity contribution < 1.29 is 9.53 Å². The average molecular weight is 329 g/mol. The van der Waals surface area contributed by atoms with Crippen molar-refractivity contribution in [3.63, 3.8) is 0 Å². The van der Waals surface area contributed by atoms with Gasteiger partial charge in [-0.3, -0.25) is 9.69 Å². The van der Waals surface area contributed by atoms with Crippen molar-refractivity contribution >= 4 is 17.2 Å². The molecule has 1 amide bonds. The molecular formula is C17H19N3O2S. The quantitative estimate of drug-likeness (QED) is 0.932. The second kappa shape index (κ2) is 6.39. The number of hydrogen-bond acceptors (Lipinski definition) is 5. The number of aromatic nitrogens is 1. The number of amides is 1. The highest BCUT2D eigenvalue weighted by Crippen LogP contribution is 2.26. The maximum Gasteiger partial charge on any atom is 0.227 e. The minimum Gasteiger partial charge on any atom is -0.378 e. The topological polar surface area (TPSA) is 54.5 Å². The lowest BCUT2D eigenvalue weighted by Gasteiger charge is -2.26. The SMILES string of the molecule is O=C1N[C@@H]2COC[C@H]1CN(Cc1cnc(-c3ccccc3)s1)C2. The second-order valence-electron chi connectivity index (χ2n) is 6.13. The number of nitrogens with one attached hydrogen (secondary N) is 1. The van der Waals surface area contributed by atoms with Gasteiger partial charge in [0.15, 0.2) is 0 Å². The van der Waals surface area contributed by atoms with Crippen LogP contribution in [0, 0.1) is 5.92 Å². The zero-order chi connectivity index (χ0) is 15.6. The van der Waals surface area contributed by atoms with E-state index in [0.717, 1.165) is 30.2 Å². The number of ether oxygens (including phenoxy) is 1. The van der Waals surface area contributed by atoms with E-state index in [1.165, 1.54) is 4.88 Å². The number of thiazole rings is 1. The molecule has 2 bridgehead atoms. The zero-order valence-corrected chi connectivity index (χ0v) is 13.6. The molecule has 1 aromatic carbocycles. The minimum atomic E-state index is -0.0657. The first-order chi connectivity index (χ1) is 11.3. The standard InChI is InChI=1S/C17H19N3O2S/c21-16-13-7-20(8-14(19-16)11-22-10-13)9-15-6-18-17(23-15)12-4-2-1-3-5-12/h1-6,13-14H,7-11H2,(H,19,21)/t13-,14+/m1/s1. The smallest absolute Gasteiger partial charge is 0.227 e. The Kier molecular flexibility index (Phi) is 4.11. The monoisotopic (exact) mass is 329 g/mol. The molecule has 2 saturated heterocycles. The first-order valence-electron chi connectivity index (χ1n) is 7.88. The summed E-state index contributed by atoms with van der Waals surface area (Å²) in [5, 5.41) is 4.12. The lowest BCUT2D eigenvalue weighted by atomic mass is 10.1. The lowest BCUT2D eigenvalue weighted by Crippen LogP contribution is -2.41. The van der Waals surface area contributed by atoms with Crippen LogP contribution in [0.15, 0.2) is 36.5 Å². The zero-order valence-electron chi connectivity index (χ0n) is 12.8. The lowest BCUT2D eigenvalue weighted by molar-refractivity contribution is -0.125. The molecule has 2 atom stereocenters. The fraction of sp³-hybridized carbons (Fsp3) is 0.412. The third kappa shape index (κ3) is 3.29. The van der Waals surface area contributed by atoms with Crippen LogP contribution in [0.2, 0.25) is 0 Å². The number of carbonyl (C=O) groups excluding carboxylic acids is 1. The summed E-state index contributed by atoms with van der Waals surface area (Å²) in [6.45, 7) is 3.56. The largest absolute Gasteiger partial charge is 0.378 e. The number of benzene rings is 1. The van der Waals surface area contributed by atoms with Crippen LogP contribution in [0.4, 0.5) is 0 Å². The molecule has 0 radical (unpaired) electrons. The fourth-order valence-electron chi connectivity index (χ4n) is 3.17. The van der Waals surface area contributed by atoms with Gasteiger partial charge in [-0.15, -0.1) is 11.3 Å². The van der Waals surface area contributed by atoms with Gasteiger partial charge in [0.25, 0.3) is 0 Å². The number of carbonyl (C=O) groups is 1. The Hall–Kier alpha value is -1.76. The molecule has 5 nitrogen and oxygen atoms in total. The van der Waals surface area contributed by atoms with Crippen molar-refractivity contribution in [3.8, 4) is 10.6 Å². The first-order valence-corrected chi connectivity index (χ1v) is 8.70. The van der Waals surface area contributed by atoms with E-state index in [4.69, 9.17) is 4.74 Å². The van der Waals surface area contributed by atoms with E-state index in [1.54, 1.807) is 11.3 Å². The molecule has 3 heterocycles. The Morgan fingerprint density at radius 2 is 2.13 bits per heavy atom. The van der Waals surface area contributed by atoms with Gasteiger partial charge in [0.2, 0.25) is 5.91 Å². The van der Waals surface area contributed by atoms with E-state index < -0.39 is 0 Å². The van der Waals surface area contributed by atoms with Gasteiger partial charge < -0.3 is 10.1 Å². The summed E-state index contributed by atoms with van der Waals surface area (Å²) in [5.41, 5.74) is 1.15. The van der Waals surface area contributed by atoms with Crippen molar-refractivity contribution in [3.05, 3.63) is 41.4 Å². The Morgan fingerprint density at radius 1 is 1.26 bits per heavy atom. The van der Waals surface area contributed by atoms with Crippen LogP contribution in [0.3, 0.4) is 0 Å². The van der Waals surface area contributed by atoms with Gasteiger partial charge in [-0.2, -0.15) is 0 Å². The number of nitrogens with zero attached hydrogens (tertiary/aromatic N) is 2. The summed E-state index contributed by atoms with van der Waals surface area (Å²) < 4.78 is 5.57. The van der Waals surface area contributed by atoms with Crippen LogP contribution in [-0.4, -0.2) is 48.1 Å². The highest BCUT2D eigenvalue weighted by atomic mass is 32.1. The van der Waals surface area contributed by atoms with Gasteiger partial charge in [-0.1, -0.05) is 30.3 Å². The third-order valence-electron chi connectivity index (χ3n) is 4.27.